The van der Waals surface area contributed by atoms with Gasteiger partial charge in [0.05, 0.1) is 25.8 Å². The van der Waals surface area contributed by atoms with E-state index in [-0.39, 0.29) is 56.2 Å². The summed E-state index contributed by atoms with van der Waals surface area (Å²) in [4.78, 5) is 64.6. The van der Waals surface area contributed by atoms with Crippen molar-refractivity contribution in [3.8, 4) is 0 Å². The molecule has 2 aromatic carbocycles. The molecule has 2 N–H and O–H groups in total. The number of anilines is 1. The van der Waals surface area contributed by atoms with Crippen LogP contribution in [0.1, 0.15) is 70.8 Å². The fourth-order valence-corrected chi connectivity index (χ4v) is 5.33. The summed E-state index contributed by atoms with van der Waals surface area (Å²) in [6.07, 6.45) is 2.44. The third-order valence-corrected chi connectivity index (χ3v) is 8.08. The number of methoxy groups -OCH3 is 1. The molecule has 0 aliphatic carbocycles. The minimum atomic E-state index is -0.951. The third kappa shape index (κ3) is 15.7. The Morgan fingerprint density at radius 1 is 0.804 bits per heavy atom. The Morgan fingerprint density at radius 2 is 1.55 bits per heavy atom. The van der Waals surface area contributed by atoms with Gasteiger partial charge in [0.25, 0.3) is 0 Å². The second kappa shape index (κ2) is 22.8. The van der Waals surface area contributed by atoms with E-state index in [1.807, 2.05) is 61.5 Å². The highest BCUT2D eigenvalue weighted by Crippen LogP contribution is 2.22. The first-order chi connectivity index (χ1) is 24.7. The standard InChI is InChI=1S/C38H49N5O8/c1-27(41-43-38-33-15-8-7-14-30(33)25-40-42-38)11-9-17-39-36(47)23-31(21-28(2)44)35(46)22-32(34(45)16-10-18-50-20-19-49-3)24-37(48)51-26-29-12-5-4-6-13-29/h4-8,12-15,25,31-32H,9-11,16-24,26H2,1-3H3,(H,39,47)(H,42,43)/b41-27+. The van der Waals surface area contributed by atoms with E-state index in [9.17, 15) is 24.0 Å². The van der Waals surface area contributed by atoms with E-state index in [2.05, 4.69) is 26.0 Å². The van der Waals surface area contributed by atoms with Gasteiger partial charge < -0.3 is 24.3 Å². The Balaban J connectivity index is 1.52. The molecule has 13 nitrogen and oxygen atoms in total. The lowest BCUT2D eigenvalue weighted by Crippen LogP contribution is -2.32. The summed E-state index contributed by atoms with van der Waals surface area (Å²) in [6.45, 7) is 4.72. The normalized spacial score (nSPS) is 12.6. The van der Waals surface area contributed by atoms with Gasteiger partial charge in [-0.05, 0) is 38.7 Å². The molecule has 0 spiro atoms. The Kier molecular flexibility index (Phi) is 18.1. The molecule has 274 valence electrons. The summed E-state index contributed by atoms with van der Waals surface area (Å²) in [5.41, 5.74) is 4.55. The van der Waals surface area contributed by atoms with E-state index in [4.69, 9.17) is 14.2 Å². The van der Waals surface area contributed by atoms with Crippen LogP contribution >= 0.6 is 0 Å². The zero-order chi connectivity index (χ0) is 36.8. The molecule has 3 aromatic rings. The predicted octanol–water partition coefficient (Wildman–Crippen LogP) is 5.02. The number of amides is 1. The lowest BCUT2D eigenvalue weighted by atomic mass is 9.84. The maximum Gasteiger partial charge on any atom is 0.306 e. The van der Waals surface area contributed by atoms with Gasteiger partial charge in [0.1, 0.15) is 24.0 Å². The molecule has 2 unspecified atom stereocenters. The van der Waals surface area contributed by atoms with Crippen molar-refractivity contribution in [1.29, 1.82) is 0 Å². The molecule has 0 fully saturated rings. The van der Waals surface area contributed by atoms with Gasteiger partial charge in [-0.1, -0.05) is 54.6 Å². The Hall–Kier alpha value is -4.88. The number of rotatable bonds is 25. The van der Waals surface area contributed by atoms with Crippen molar-refractivity contribution in [2.45, 2.75) is 71.8 Å². The number of ketones is 3. The number of hydrogen-bond donors (Lipinski definition) is 2. The van der Waals surface area contributed by atoms with Crippen molar-refractivity contribution < 1.29 is 38.2 Å². The Bertz CT molecular complexity index is 1610. The molecule has 0 saturated carbocycles. The molecule has 0 radical (unpaired) electrons. The number of carbonyl (C=O) groups excluding carboxylic acids is 5. The number of aromatic nitrogens is 2. The van der Waals surface area contributed by atoms with E-state index < -0.39 is 23.6 Å². The van der Waals surface area contributed by atoms with Gasteiger partial charge in [0.15, 0.2) is 5.82 Å². The van der Waals surface area contributed by atoms with Crippen LogP contribution in [0.3, 0.4) is 0 Å². The summed E-state index contributed by atoms with van der Waals surface area (Å²) >= 11 is 0. The van der Waals surface area contributed by atoms with Gasteiger partial charge in [0.2, 0.25) is 5.91 Å². The highest BCUT2D eigenvalue weighted by atomic mass is 16.5. The smallest absolute Gasteiger partial charge is 0.306 e. The largest absolute Gasteiger partial charge is 0.461 e. The molecule has 1 heterocycles. The number of hydrazone groups is 1. The molecule has 1 amide bonds. The van der Waals surface area contributed by atoms with Crippen LogP contribution < -0.4 is 10.7 Å². The summed E-state index contributed by atoms with van der Waals surface area (Å²) in [6, 6.07) is 16.8. The van der Waals surface area contributed by atoms with Crippen LogP contribution in [0.5, 0.6) is 0 Å². The quantitative estimate of drug-likeness (QED) is 0.0525. The molecule has 13 heteroatoms. The maximum absolute atomic E-state index is 13.5. The summed E-state index contributed by atoms with van der Waals surface area (Å²) < 4.78 is 15.8. The number of hydrogen-bond acceptors (Lipinski definition) is 12. The topological polar surface area (TPSA) is 175 Å². The zero-order valence-corrected chi connectivity index (χ0v) is 29.7. The van der Waals surface area contributed by atoms with Crippen molar-refractivity contribution >= 4 is 51.5 Å². The molecule has 0 bridgehead atoms. The molecular weight excluding hydrogens is 654 g/mol. The van der Waals surface area contributed by atoms with E-state index in [1.54, 1.807) is 13.3 Å². The van der Waals surface area contributed by atoms with Crippen molar-refractivity contribution in [3.63, 3.8) is 0 Å². The number of benzene rings is 2. The first-order valence-electron chi connectivity index (χ1n) is 17.2. The Morgan fingerprint density at radius 3 is 2.31 bits per heavy atom. The molecule has 0 aliphatic heterocycles. The second-order valence-electron chi connectivity index (χ2n) is 12.4. The van der Waals surface area contributed by atoms with Gasteiger partial charge in [-0.15, -0.1) is 5.10 Å². The Labute approximate surface area is 298 Å². The summed E-state index contributed by atoms with van der Waals surface area (Å²) in [7, 11) is 1.56. The van der Waals surface area contributed by atoms with Crippen LogP contribution in [-0.4, -0.2) is 78.6 Å². The number of Topliss-reactive ketones (excluding diaryl/α,β-unsaturated/α-hetero) is 3. The average molecular weight is 704 g/mol. The van der Waals surface area contributed by atoms with Gasteiger partial charge in [-0.3, -0.25) is 24.6 Å². The van der Waals surface area contributed by atoms with Crippen LogP contribution in [0.4, 0.5) is 5.82 Å². The highest BCUT2D eigenvalue weighted by molar-refractivity contribution is 5.95. The van der Waals surface area contributed by atoms with Crippen LogP contribution in [0.25, 0.3) is 10.8 Å². The first kappa shape index (κ1) is 40.5. The van der Waals surface area contributed by atoms with E-state index in [0.29, 0.717) is 51.4 Å². The summed E-state index contributed by atoms with van der Waals surface area (Å²) in [5, 5.41) is 17.2. The van der Waals surface area contributed by atoms with Crippen molar-refractivity contribution in [2.75, 3.05) is 38.9 Å². The number of ether oxygens (including phenoxy) is 3. The van der Waals surface area contributed by atoms with Gasteiger partial charge in [-0.2, -0.15) is 10.2 Å². The minimum Gasteiger partial charge on any atom is -0.461 e. The second-order valence-corrected chi connectivity index (χ2v) is 12.4. The number of nitrogens with one attached hydrogen (secondary N) is 2. The maximum atomic E-state index is 13.5. The van der Waals surface area contributed by atoms with E-state index in [0.717, 1.165) is 22.0 Å². The monoisotopic (exact) mass is 703 g/mol. The number of esters is 1. The van der Waals surface area contributed by atoms with Gasteiger partial charge in [0, 0.05) is 74.3 Å². The predicted molar refractivity (Wildman–Crippen MR) is 193 cm³/mol. The molecule has 3 rings (SSSR count). The number of nitrogens with zero attached hydrogens (tertiary/aromatic N) is 3. The molecule has 0 saturated heterocycles. The SMILES string of the molecule is COCCOCCCC(=O)C(CC(=O)OCc1ccccc1)CC(=O)C(CC(C)=O)CC(=O)NCCC/C(C)=N/Nc1nncc2ccccc12. The molecule has 51 heavy (non-hydrogen) atoms. The number of fused-ring (bicyclic) bond motifs is 1. The van der Waals surface area contributed by atoms with Crippen LogP contribution in [0, 0.1) is 11.8 Å². The lowest BCUT2D eigenvalue weighted by Gasteiger charge is -2.19. The summed E-state index contributed by atoms with van der Waals surface area (Å²) in [5.74, 6) is -3.28. The fraction of sp³-hybridized carbons (Fsp3) is 0.474. The van der Waals surface area contributed by atoms with Crippen molar-refractivity contribution in [2.24, 2.45) is 16.9 Å². The van der Waals surface area contributed by atoms with Crippen molar-refractivity contribution in [3.05, 3.63) is 66.4 Å². The third-order valence-electron chi connectivity index (χ3n) is 8.08. The van der Waals surface area contributed by atoms with Crippen LogP contribution in [0.2, 0.25) is 0 Å². The van der Waals surface area contributed by atoms with Crippen LogP contribution in [-0.2, 0) is 44.8 Å². The van der Waals surface area contributed by atoms with Gasteiger partial charge in [-0.25, -0.2) is 0 Å². The lowest BCUT2D eigenvalue weighted by molar-refractivity contribution is -0.148. The zero-order valence-electron chi connectivity index (χ0n) is 29.7. The highest BCUT2D eigenvalue weighted by Gasteiger charge is 2.30. The number of carbonyl (C=O) groups is 5. The molecule has 0 aliphatic rings. The minimum absolute atomic E-state index is 0.0375. The van der Waals surface area contributed by atoms with E-state index in [1.165, 1.54) is 6.92 Å². The average Bonchev–Trinajstić information content (AvgIpc) is 3.12. The fourth-order valence-electron chi connectivity index (χ4n) is 5.33. The van der Waals surface area contributed by atoms with Crippen LogP contribution in [0.15, 0.2) is 65.9 Å². The molecule has 1 aromatic heterocycles. The van der Waals surface area contributed by atoms with Crippen molar-refractivity contribution in [1.82, 2.24) is 15.5 Å². The molecular formula is C38H49N5O8. The molecule has 2 atom stereocenters. The first-order valence-corrected chi connectivity index (χ1v) is 17.2. The van der Waals surface area contributed by atoms with E-state index >= 15 is 0 Å². The van der Waals surface area contributed by atoms with Gasteiger partial charge >= 0.3 is 5.97 Å².